The zero-order valence-corrected chi connectivity index (χ0v) is 10.7. The summed E-state index contributed by atoms with van der Waals surface area (Å²) in [4.78, 5) is 8.24. The highest BCUT2D eigenvalue weighted by Crippen LogP contribution is 2.35. The second kappa shape index (κ2) is 5.64. The monoisotopic (exact) mass is 237 g/mol. The molecular formula is C12H19N3S. The molecule has 1 aliphatic rings. The smallest absolute Gasteiger partial charge is 0.116 e. The lowest BCUT2D eigenvalue weighted by molar-refractivity contribution is 0.329. The fraction of sp³-hybridized carbons (Fsp3) is 0.667. The molecule has 16 heavy (non-hydrogen) atoms. The van der Waals surface area contributed by atoms with Gasteiger partial charge in [0.1, 0.15) is 6.33 Å². The fourth-order valence-corrected chi connectivity index (χ4v) is 3.71. The molecule has 88 valence electrons. The van der Waals surface area contributed by atoms with Crippen molar-refractivity contribution in [3.63, 3.8) is 0 Å². The first-order valence-corrected chi connectivity index (χ1v) is 6.77. The Morgan fingerprint density at radius 1 is 1.44 bits per heavy atom. The second-order valence-electron chi connectivity index (χ2n) is 4.52. The molecule has 1 fully saturated rings. The molecule has 1 saturated carbocycles. The van der Waals surface area contributed by atoms with E-state index in [1.807, 2.05) is 24.0 Å². The maximum Gasteiger partial charge on any atom is 0.116 e. The molecule has 0 spiro atoms. The summed E-state index contributed by atoms with van der Waals surface area (Å²) in [6, 6.07) is 2.62. The van der Waals surface area contributed by atoms with Crippen LogP contribution in [-0.2, 0) is 0 Å². The highest BCUT2D eigenvalue weighted by Gasteiger charge is 2.28. The van der Waals surface area contributed by atoms with Crippen molar-refractivity contribution in [2.45, 2.75) is 42.5 Å². The van der Waals surface area contributed by atoms with Gasteiger partial charge in [-0.05, 0) is 38.3 Å². The third-order valence-corrected chi connectivity index (χ3v) is 4.56. The fourth-order valence-electron chi connectivity index (χ4n) is 2.29. The van der Waals surface area contributed by atoms with Crippen molar-refractivity contribution in [2.75, 3.05) is 7.05 Å². The van der Waals surface area contributed by atoms with Crippen LogP contribution in [0.5, 0.6) is 0 Å². The maximum absolute atomic E-state index is 4.29. The van der Waals surface area contributed by atoms with Gasteiger partial charge in [0.15, 0.2) is 0 Å². The Labute approximate surface area is 101 Å². The number of thioether (sulfide) groups is 1. The summed E-state index contributed by atoms with van der Waals surface area (Å²) < 4.78 is 0. The molecule has 1 aromatic heterocycles. The molecule has 1 aromatic rings. The number of nitrogens with zero attached hydrogens (tertiary/aromatic N) is 2. The average molecular weight is 237 g/mol. The number of aromatic nitrogens is 2. The van der Waals surface area contributed by atoms with Crippen LogP contribution in [-0.4, -0.2) is 28.3 Å². The van der Waals surface area contributed by atoms with Crippen LogP contribution >= 0.6 is 11.8 Å². The lowest BCUT2D eigenvalue weighted by atomic mass is 9.87. The number of nitrogens with one attached hydrogen (secondary N) is 1. The van der Waals surface area contributed by atoms with Gasteiger partial charge in [0.05, 0.1) is 5.03 Å². The van der Waals surface area contributed by atoms with Gasteiger partial charge in [-0.3, -0.25) is 0 Å². The molecule has 3 atom stereocenters. The summed E-state index contributed by atoms with van der Waals surface area (Å²) in [7, 11) is 2.06. The molecule has 0 amide bonds. The first-order valence-electron chi connectivity index (χ1n) is 5.89. The molecule has 0 bridgehead atoms. The Balaban J connectivity index is 2.01. The molecule has 3 unspecified atom stereocenters. The highest BCUT2D eigenvalue weighted by molar-refractivity contribution is 7.99. The number of hydrogen-bond donors (Lipinski definition) is 1. The Morgan fingerprint density at radius 3 is 3.00 bits per heavy atom. The summed E-state index contributed by atoms with van der Waals surface area (Å²) in [6.07, 6.45) is 7.34. The third-order valence-electron chi connectivity index (χ3n) is 3.25. The molecule has 1 aliphatic carbocycles. The van der Waals surface area contributed by atoms with Crippen LogP contribution in [0.2, 0.25) is 0 Å². The minimum absolute atomic E-state index is 0.621. The van der Waals surface area contributed by atoms with Gasteiger partial charge in [0, 0.05) is 17.5 Å². The van der Waals surface area contributed by atoms with Gasteiger partial charge < -0.3 is 5.32 Å². The molecule has 0 aliphatic heterocycles. The zero-order valence-electron chi connectivity index (χ0n) is 9.89. The average Bonchev–Trinajstić information content (AvgIpc) is 2.31. The molecular weight excluding hydrogens is 218 g/mol. The Morgan fingerprint density at radius 2 is 2.31 bits per heavy atom. The third kappa shape index (κ3) is 2.95. The van der Waals surface area contributed by atoms with Crippen molar-refractivity contribution in [1.29, 1.82) is 0 Å². The van der Waals surface area contributed by atoms with E-state index < -0.39 is 0 Å². The van der Waals surface area contributed by atoms with Crippen LogP contribution in [0.25, 0.3) is 0 Å². The van der Waals surface area contributed by atoms with Crippen molar-refractivity contribution < 1.29 is 0 Å². The second-order valence-corrected chi connectivity index (χ2v) is 5.78. The number of rotatable bonds is 3. The molecule has 2 rings (SSSR count). The van der Waals surface area contributed by atoms with E-state index >= 15 is 0 Å². The van der Waals surface area contributed by atoms with Crippen LogP contribution in [0.3, 0.4) is 0 Å². The van der Waals surface area contributed by atoms with Gasteiger partial charge >= 0.3 is 0 Å². The molecule has 1 N–H and O–H groups in total. The van der Waals surface area contributed by atoms with Crippen LogP contribution in [0.1, 0.15) is 26.2 Å². The maximum atomic E-state index is 4.29. The van der Waals surface area contributed by atoms with E-state index in [1.165, 1.54) is 19.3 Å². The van der Waals surface area contributed by atoms with E-state index in [4.69, 9.17) is 0 Å². The zero-order chi connectivity index (χ0) is 11.4. The Bertz CT molecular complexity index is 317. The summed E-state index contributed by atoms with van der Waals surface area (Å²) in [5, 5.41) is 5.16. The minimum Gasteiger partial charge on any atom is -0.316 e. The van der Waals surface area contributed by atoms with E-state index in [9.17, 15) is 0 Å². The van der Waals surface area contributed by atoms with Crippen LogP contribution in [0.15, 0.2) is 23.6 Å². The van der Waals surface area contributed by atoms with Gasteiger partial charge in [-0.15, -0.1) is 11.8 Å². The molecule has 1 heterocycles. The highest BCUT2D eigenvalue weighted by atomic mass is 32.2. The van der Waals surface area contributed by atoms with E-state index in [-0.39, 0.29) is 0 Å². The summed E-state index contributed by atoms with van der Waals surface area (Å²) in [5.74, 6) is 0.837. The van der Waals surface area contributed by atoms with Gasteiger partial charge in [0.25, 0.3) is 0 Å². The lowest BCUT2D eigenvalue weighted by Gasteiger charge is -2.33. The topological polar surface area (TPSA) is 37.8 Å². The molecule has 0 saturated heterocycles. The first-order chi connectivity index (χ1) is 7.79. The van der Waals surface area contributed by atoms with Gasteiger partial charge in [0.2, 0.25) is 0 Å². The summed E-state index contributed by atoms with van der Waals surface area (Å²) >= 11 is 1.89. The quantitative estimate of drug-likeness (QED) is 0.819. The van der Waals surface area contributed by atoms with Gasteiger partial charge in [-0.2, -0.15) is 0 Å². The standard InChI is InChI=1S/C12H19N3S/c1-9-3-4-10(13-2)11(7-9)16-12-5-6-14-8-15-12/h5-6,8-11,13H,3-4,7H2,1-2H3. The van der Waals surface area contributed by atoms with Crippen LogP contribution < -0.4 is 5.32 Å². The number of hydrogen-bond acceptors (Lipinski definition) is 4. The Kier molecular flexibility index (Phi) is 4.18. The van der Waals surface area contributed by atoms with Crippen molar-refractivity contribution in [1.82, 2.24) is 15.3 Å². The van der Waals surface area contributed by atoms with Crippen LogP contribution in [0.4, 0.5) is 0 Å². The van der Waals surface area contributed by atoms with Gasteiger partial charge in [-0.1, -0.05) is 6.92 Å². The lowest BCUT2D eigenvalue weighted by Crippen LogP contribution is -2.40. The van der Waals surface area contributed by atoms with E-state index in [0.29, 0.717) is 11.3 Å². The SMILES string of the molecule is CNC1CCC(C)CC1Sc1ccncn1. The van der Waals surface area contributed by atoms with Crippen molar-refractivity contribution in [3.05, 3.63) is 18.6 Å². The van der Waals surface area contributed by atoms with Crippen molar-refractivity contribution in [2.24, 2.45) is 5.92 Å². The van der Waals surface area contributed by atoms with E-state index in [2.05, 4.69) is 29.3 Å². The normalized spacial score (nSPS) is 30.2. The largest absolute Gasteiger partial charge is 0.316 e. The molecule has 0 radical (unpaired) electrons. The molecule has 4 heteroatoms. The van der Waals surface area contributed by atoms with Crippen molar-refractivity contribution >= 4 is 11.8 Å². The van der Waals surface area contributed by atoms with Crippen LogP contribution in [0, 0.1) is 5.92 Å². The van der Waals surface area contributed by atoms with Crippen molar-refractivity contribution in [3.8, 4) is 0 Å². The summed E-state index contributed by atoms with van der Waals surface area (Å²) in [6.45, 7) is 2.35. The Hall–Kier alpha value is -0.610. The van der Waals surface area contributed by atoms with E-state index in [0.717, 1.165) is 10.9 Å². The van der Waals surface area contributed by atoms with E-state index in [1.54, 1.807) is 6.33 Å². The predicted octanol–water partition coefficient (Wildman–Crippen LogP) is 2.35. The minimum atomic E-state index is 0.621. The predicted molar refractivity (Wildman–Crippen MR) is 67.5 cm³/mol. The molecule has 3 nitrogen and oxygen atoms in total. The molecule has 0 aromatic carbocycles. The van der Waals surface area contributed by atoms with Gasteiger partial charge in [-0.25, -0.2) is 9.97 Å². The first kappa shape index (κ1) is 11.9. The summed E-state index contributed by atoms with van der Waals surface area (Å²) in [5.41, 5.74) is 0.